The van der Waals surface area contributed by atoms with Crippen molar-refractivity contribution in [1.82, 2.24) is 15.3 Å². The first kappa shape index (κ1) is 13.6. The van der Waals surface area contributed by atoms with E-state index in [0.717, 1.165) is 31.1 Å². The average molecular weight is 259 g/mol. The Hall–Kier alpha value is -1.81. The molecule has 0 saturated carbocycles. The van der Waals surface area contributed by atoms with Crippen LogP contribution in [0.4, 0.5) is 0 Å². The predicted molar refractivity (Wildman–Crippen MR) is 76.1 cm³/mol. The number of hydrogen-bond acceptors (Lipinski definition) is 3. The Morgan fingerprint density at radius 1 is 1.32 bits per heavy atom. The van der Waals surface area contributed by atoms with Crippen molar-refractivity contribution in [3.8, 4) is 5.75 Å². The first-order chi connectivity index (χ1) is 9.29. The molecule has 0 bridgehead atoms. The number of nitrogens with one attached hydrogen (secondary N) is 2. The molecule has 1 unspecified atom stereocenters. The number of benzene rings is 1. The number of imidazole rings is 1. The van der Waals surface area contributed by atoms with Crippen molar-refractivity contribution >= 4 is 0 Å². The summed E-state index contributed by atoms with van der Waals surface area (Å²) >= 11 is 0. The summed E-state index contributed by atoms with van der Waals surface area (Å²) in [5.41, 5.74) is 1.24. The molecule has 0 fully saturated rings. The highest BCUT2D eigenvalue weighted by molar-refractivity contribution is 5.27. The summed E-state index contributed by atoms with van der Waals surface area (Å²) in [6.45, 7) is 5.79. The minimum absolute atomic E-state index is 0.214. The minimum atomic E-state index is 0.214. The number of aromatic amines is 1. The molecule has 0 amide bonds. The second-order valence-electron chi connectivity index (χ2n) is 4.57. The van der Waals surface area contributed by atoms with Crippen molar-refractivity contribution in [1.29, 1.82) is 0 Å². The van der Waals surface area contributed by atoms with Crippen LogP contribution in [0.25, 0.3) is 0 Å². The summed E-state index contributed by atoms with van der Waals surface area (Å²) in [4.78, 5) is 7.35. The van der Waals surface area contributed by atoms with E-state index in [0.29, 0.717) is 0 Å². The summed E-state index contributed by atoms with van der Waals surface area (Å²) in [5, 5.41) is 3.43. The van der Waals surface area contributed by atoms with Crippen LogP contribution in [0.3, 0.4) is 0 Å². The SMILES string of the molecule is CCCOc1ccc(CNC(C)c2ncc[nH]2)cc1. The van der Waals surface area contributed by atoms with Gasteiger partial charge in [0.2, 0.25) is 0 Å². The van der Waals surface area contributed by atoms with Gasteiger partial charge < -0.3 is 15.0 Å². The molecule has 0 aliphatic heterocycles. The Morgan fingerprint density at radius 3 is 2.74 bits per heavy atom. The quantitative estimate of drug-likeness (QED) is 0.803. The van der Waals surface area contributed by atoms with Crippen LogP contribution in [0.1, 0.15) is 37.7 Å². The van der Waals surface area contributed by atoms with Gasteiger partial charge in [0.1, 0.15) is 11.6 Å². The zero-order chi connectivity index (χ0) is 13.5. The molecule has 0 aliphatic rings. The van der Waals surface area contributed by atoms with Crippen LogP contribution in [0.2, 0.25) is 0 Å². The highest BCUT2D eigenvalue weighted by Gasteiger charge is 2.06. The Kier molecular flexibility index (Phi) is 4.98. The van der Waals surface area contributed by atoms with E-state index in [9.17, 15) is 0 Å². The summed E-state index contributed by atoms with van der Waals surface area (Å²) in [6, 6.07) is 8.43. The smallest absolute Gasteiger partial charge is 0.122 e. The number of ether oxygens (including phenoxy) is 1. The molecule has 4 nitrogen and oxygen atoms in total. The molecule has 2 aromatic rings. The van der Waals surface area contributed by atoms with Gasteiger partial charge in [-0.05, 0) is 31.0 Å². The molecule has 1 aromatic heterocycles. The highest BCUT2D eigenvalue weighted by atomic mass is 16.5. The summed E-state index contributed by atoms with van der Waals surface area (Å²) in [5.74, 6) is 1.90. The lowest BCUT2D eigenvalue weighted by molar-refractivity contribution is 0.317. The normalized spacial score (nSPS) is 12.3. The van der Waals surface area contributed by atoms with Gasteiger partial charge in [0.05, 0.1) is 12.6 Å². The zero-order valence-electron chi connectivity index (χ0n) is 11.5. The lowest BCUT2D eigenvalue weighted by Crippen LogP contribution is -2.19. The molecule has 0 aliphatic carbocycles. The lowest BCUT2D eigenvalue weighted by Gasteiger charge is -2.12. The first-order valence-corrected chi connectivity index (χ1v) is 6.74. The van der Waals surface area contributed by atoms with Crippen LogP contribution in [0.5, 0.6) is 5.75 Å². The molecule has 0 spiro atoms. The summed E-state index contributed by atoms with van der Waals surface area (Å²) < 4.78 is 5.56. The number of nitrogens with zero attached hydrogens (tertiary/aromatic N) is 1. The van der Waals surface area contributed by atoms with Crippen molar-refractivity contribution in [3.05, 3.63) is 48.0 Å². The van der Waals surface area contributed by atoms with E-state index < -0.39 is 0 Å². The molecule has 0 saturated heterocycles. The second-order valence-corrected chi connectivity index (χ2v) is 4.57. The maximum Gasteiger partial charge on any atom is 0.122 e. The molecule has 1 heterocycles. The number of aromatic nitrogens is 2. The van der Waals surface area contributed by atoms with Crippen molar-refractivity contribution < 1.29 is 4.74 Å². The minimum Gasteiger partial charge on any atom is -0.494 e. The fourth-order valence-corrected chi connectivity index (χ4v) is 1.81. The van der Waals surface area contributed by atoms with E-state index in [2.05, 4.69) is 41.3 Å². The molecular formula is C15H21N3O. The van der Waals surface area contributed by atoms with Crippen molar-refractivity contribution in [2.45, 2.75) is 32.9 Å². The highest BCUT2D eigenvalue weighted by Crippen LogP contribution is 2.13. The molecule has 102 valence electrons. The third-order valence-electron chi connectivity index (χ3n) is 2.94. The van der Waals surface area contributed by atoms with Crippen LogP contribution in [-0.2, 0) is 6.54 Å². The second kappa shape index (κ2) is 6.95. The molecule has 0 radical (unpaired) electrons. The van der Waals surface area contributed by atoms with Crippen molar-refractivity contribution in [2.24, 2.45) is 0 Å². The molecule has 1 atom stereocenters. The third-order valence-corrected chi connectivity index (χ3v) is 2.94. The Bertz CT molecular complexity index is 465. The summed E-state index contributed by atoms with van der Waals surface area (Å²) in [7, 11) is 0. The predicted octanol–water partition coefficient (Wildman–Crippen LogP) is 3.05. The molecular weight excluding hydrogens is 238 g/mol. The fraction of sp³-hybridized carbons (Fsp3) is 0.400. The lowest BCUT2D eigenvalue weighted by atomic mass is 10.2. The molecule has 2 rings (SSSR count). The molecule has 2 N–H and O–H groups in total. The van der Waals surface area contributed by atoms with Gasteiger partial charge in [-0.25, -0.2) is 4.98 Å². The summed E-state index contributed by atoms with van der Waals surface area (Å²) in [6.07, 6.45) is 4.64. The van der Waals surface area contributed by atoms with Crippen LogP contribution in [0, 0.1) is 0 Å². The van der Waals surface area contributed by atoms with E-state index in [-0.39, 0.29) is 6.04 Å². The van der Waals surface area contributed by atoms with Gasteiger partial charge in [0.25, 0.3) is 0 Å². The van der Waals surface area contributed by atoms with Gasteiger partial charge in [-0.15, -0.1) is 0 Å². The fourth-order valence-electron chi connectivity index (χ4n) is 1.81. The van der Waals surface area contributed by atoms with Gasteiger partial charge in [0.15, 0.2) is 0 Å². The maximum atomic E-state index is 5.56. The zero-order valence-corrected chi connectivity index (χ0v) is 11.5. The van der Waals surface area contributed by atoms with Gasteiger partial charge >= 0.3 is 0 Å². The third kappa shape index (κ3) is 4.10. The van der Waals surface area contributed by atoms with E-state index in [1.807, 2.05) is 18.3 Å². The maximum absolute atomic E-state index is 5.56. The van der Waals surface area contributed by atoms with Crippen LogP contribution in [-0.4, -0.2) is 16.6 Å². The average Bonchev–Trinajstić information content (AvgIpc) is 2.98. The molecule has 1 aromatic carbocycles. The van der Waals surface area contributed by atoms with Crippen molar-refractivity contribution in [3.63, 3.8) is 0 Å². The van der Waals surface area contributed by atoms with Crippen molar-refractivity contribution in [2.75, 3.05) is 6.61 Å². The standard InChI is InChI=1S/C15H21N3O/c1-3-10-19-14-6-4-13(5-7-14)11-18-12(2)15-16-8-9-17-15/h4-9,12,18H,3,10-11H2,1-2H3,(H,16,17). The Balaban J connectivity index is 1.82. The van der Waals surface area contributed by atoms with Crippen LogP contribution < -0.4 is 10.1 Å². The molecule has 4 heteroatoms. The number of H-pyrrole nitrogens is 1. The number of rotatable bonds is 7. The van der Waals surface area contributed by atoms with Gasteiger partial charge in [0, 0.05) is 18.9 Å². The van der Waals surface area contributed by atoms with E-state index in [4.69, 9.17) is 4.74 Å². The van der Waals surface area contributed by atoms with Gasteiger partial charge in [-0.1, -0.05) is 19.1 Å². The first-order valence-electron chi connectivity index (χ1n) is 6.74. The van der Waals surface area contributed by atoms with E-state index in [1.54, 1.807) is 6.20 Å². The Labute approximate surface area is 114 Å². The number of hydrogen-bond donors (Lipinski definition) is 2. The van der Waals surface area contributed by atoms with Gasteiger partial charge in [-0.3, -0.25) is 0 Å². The Morgan fingerprint density at radius 2 is 2.11 bits per heavy atom. The molecule has 19 heavy (non-hydrogen) atoms. The largest absolute Gasteiger partial charge is 0.494 e. The van der Waals surface area contributed by atoms with Crippen LogP contribution in [0.15, 0.2) is 36.7 Å². The van der Waals surface area contributed by atoms with Gasteiger partial charge in [-0.2, -0.15) is 0 Å². The van der Waals surface area contributed by atoms with E-state index in [1.165, 1.54) is 5.56 Å². The monoisotopic (exact) mass is 259 g/mol. The van der Waals surface area contributed by atoms with E-state index >= 15 is 0 Å². The topological polar surface area (TPSA) is 49.9 Å². The van der Waals surface area contributed by atoms with Crippen LogP contribution >= 0.6 is 0 Å².